The molecule has 0 unspecified atom stereocenters. The first kappa shape index (κ1) is 20.4. The number of benzene rings is 1. The van der Waals surface area contributed by atoms with Gasteiger partial charge in [0.25, 0.3) is 0 Å². The quantitative estimate of drug-likeness (QED) is 0.608. The molecule has 2 aromatic heterocycles. The number of carbonyl (C=O) groups is 1. The molecule has 1 aliphatic heterocycles. The summed E-state index contributed by atoms with van der Waals surface area (Å²) in [5, 5.41) is 7.22. The third-order valence-electron chi connectivity index (χ3n) is 5.97. The molecule has 1 aliphatic carbocycles. The summed E-state index contributed by atoms with van der Waals surface area (Å²) in [6.07, 6.45) is 3.17. The number of aromatic nitrogens is 3. The number of esters is 1. The lowest BCUT2D eigenvalue weighted by Crippen LogP contribution is -2.44. The Labute approximate surface area is 186 Å². The van der Waals surface area contributed by atoms with Gasteiger partial charge in [0.15, 0.2) is 11.5 Å². The molecule has 3 heterocycles. The minimum absolute atomic E-state index is 0.236. The van der Waals surface area contributed by atoms with Gasteiger partial charge in [-0.05, 0) is 51.1 Å². The first-order valence-corrected chi connectivity index (χ1v) is 10.9. The smallest absolute Gasteiger partial charge is 0.360 e. The summed E-state index contributed by atoms with van der Waals surface area (Å²) in [6.45, 7) is 6.27. The van der Waals surface area contributed by atoms with Gasteiger partial charge in [0.05, 0.1) is 6.61 Å². The van der Waals surface area contributed by atoms with Crippen LogP contribution in [0.25, 0.3) is 11.5 Å². The van der Waals surface area contributed by atoms with Crippen LogP contribution in [-0.2, 0) is 17.6 Å². The van der Waals surface area contributed by atoms with Gasteiger partial charge in [0, 0.05) is 54.9 Å². The van der Waals surface area contributed by atoms with Crippen molar-refractivity contribution in [2.45, 2.75) is 19.8 Å². The molecule has 1 saturated heterocycles. The van der Waals surface area contributed by atoms with Crippen LogP contribution < -0.4 is 10.2 Å². The SMILES string of the molecule is CCOC(=O)c1noc2c1CCc1cnc(Nc3ccc(N4CCN(C)CC4)cc3)nc1-2. The third-order valence-corrected chi connectivity index (χ3v) is 5.97. The molecule has 3 aromatic rings. The van der Waals surface area contributed by atoms with Gasteiger partial charge in [0.1, 0.15) is 5.69 Å². The molecule has 0 bridgehead atoms. The maximum atomic E-state index is 12.2. The molecular weight excluding hydrogens is 408 g/mol. The lowest BCUT2D eigenvalue weighted by molar-refractivity contribution is 0.0513. The lowest BCUT2D eigenvalue weighted by atomic mass is 9.94. The van der Waals surface area contributed by atoms with Gasteiger partial charge < -0.3 is 24.4 Å². The summed E-state index contributed by atoms with van der Waals surface area (Å²) in [7, 11) is 2.16. The molecule has 9 heteroatoms. The molecule has 1 aromatic carbocycles. The van der Waals surface area contributed by atoms with Crippen molar-refractivity contribution in [1.29, 1.82) is 0 Å². The van der Waals surface area contributed by atoms with E-state index in [1.165, 1.54) is 5.69 Å². The van der Waals surface area contributed by atoms with E-state index in [0.29, 0.717) is 30.4 Å². The van der Waals surface area contributed by atoms with Crippen LogP contribution in [0.1, 0.15) is 28.5 Å². The average molecular weight is 435 g/mol. The van der Waals surface area contributed by atoms with E-state index < -0.39 is 5.97 Å². The normalized spacial score (nSPS) is 15.8. The number of carbonyl (C=O) groups excluding carboxylic acids is 1. The Morgan fingerprint density at radius 1 is 1.16 bits per heavy atom. The average Bonchev–Trinajstić information content (AvgIpc) is 3.25. The molecule has 1 fully saturated rings. The number of fused-ring (bicyclic) bond motifs is 3. The Morgan fingerprint density at radius 2 is 1.94 bits per heavy atom. The molecule has 0 amide bonds. The number of nitrogens with zero attached hydrogens (tertiary/aromatic N) is 5. The zero-order valence-corrected chi connectivity index (χ0v) is 18.3. The summed E-state index contributed by atoms with van der Waals surface area (Å²) in [5.41, 5.74) is 4.74. The van der Waals surface area contributed by atoms with Crippen molar-refractivity contribution in [2.24, 2.45) is 0 Å². The summed E-state index contributed by atoms with van der Waals surface area (Å²) < 4.78 is 10.6. The maximum Gasteiger partial charge on any atom is 0.360 e. The molecule has 5 rings (SSSR count). The van der Waals surface area contributed by atoms with Crippen LogP contribution >= 0.6 is 0 Å². The van der Waals surface area contributed by atoms with Crippen molar-refractivity contribution in [2.75, 3.05) is 50.1 Å². The highest BCUT2D eigenvalue weighted by atomic mass is 16.5. The number of anilines is 3. The van der Waals surface area contributed by atoms with Gasteiger partial charge in [0.2, 0.25) is 5.95 Å². The lowest BCUT2D eigenvalue weighted by Gasteiger charge is -2.34. The number of likely N-dealkylation sites (N-methyl/N-ethyl adjacent to an activating group) is 1. The van der Waals surface area contributed by atoms with Crippen molar-refractivity contribution >= 4 is 23.3 Å². The number of rotatable bonds is 5. The second-order valence-corrected chi connectivity index (χ2v) is 8.09. The first-order valence-electron chi connectivity index (χ1n) is 10.9. The molecule has 9 nitrogen and oxygen atoms in total. The van der Waals surface area contributed by atoms with Crippen LogP contribution in [0.5, 0.6) is 0 Å². The van der Waals surface area contributed by atoms with Crippen LogP contribution in [0.3, 0.4) is 0 Å². The highest BCUT2D eigenvalue weighted by Crippen LogP contribution is 2.34. The topological polar surface area (TPSA) is 96.6 Å². The second kappa shape index (κ2) is 8.58. The first-order chi connectivity index (χ1) is 15.6. The van der Waals surface area contributed by atoms with E-state index in [-0.39, 0.29) is 5.69 Å². The van der Waals surface area contributed by atoms with E-state index in [9.17, 15) is 4.79 Å². The maximum absolute atomic E-state index is 12.2. The summed E-state index contributed by atoms with van der Waals surface area (Å²) in [4.78, 5) is 26.0. The van der Waals surface area contributed by atoms with E-state index in [1.54, 1.807) is 13.1 Å². The van der Waals surface area contributed by atoms with Crippen LogP contribution in [0.4, 0.5) is 17.3 Å². The molecular formula is C23H26N6O3. The van der Waals surface area contributed by atoms with Gasteiger partial charge >= 0.3 is 5.97 Å². The fourth-order valence-electron chi connectivity index (χ4n) is 4.14. The van der Waals surface area contributed by atoms with Gasteiger partial charge in [-0.3, -0.25) is 0 Å². The zero-order valence-electron chi connectivity index (χ0n) is 18.3. The van der Waals surface area contributed by atoms with Crippen LogP contribution in [0.15, 0.2) is 35.0 Å². The van der Waals surface area contributed by atoms with Crippen molar-refractivity contribution in [3.05, 3.63) is 47.3 Å². The summed E-state index contributed by atoms with van der Waals surface area (Å²) in [5.74, 6) is 0.525. The second-order valence-electron chi connectivity index (χ2n) is 8.09. The Hall–Kier alpha value is -3.46. The third kappa shape index (κ3) is 3.91. The summed E-state index contributed by atoms with van der Waals surface area (Å²) in [6, 6.07) is 8.31. The van der Waals surface area contributed by atoms with E-state index >= 15 is 0 Å². The molecule has 0 saturated carbocycles. The minimum atomic E-state index is -0.464. The molecule has 0 spiro atoms. The highest BCUT2D eigenvalue weighted by Gasteiger charge is 2.30. The van der Waals surface area contributed by atoms with Crippen molar-refractivity contribution in [3.63, 3.8) is 0 Å². The van der Waals surface area contributed by atoms with E-state index in [0.717, 1.165) is 49.4 Å². The predicted molar refractivity (Wildman–Crippen MR) is 120 cm³/mol. The number of hydrogen-bond donors (Lipinski definition) is 1. The Morgan fingerprint density at radius 3 is 2.69 bits per heavy atom. The highest BCUT2D eigenvalue weighted by molar-refractivity contribution is 5.91. The Balaban J connectivity index is 1.34. The standard InChI is InChI=1S/C23H26N6O3/c1-3-31-22(30)20-18-9-4-15-14-24-23(26-19(15)21(18)32-27-20)25-16-5-7-17(8-6-16)29-12-10-28(2)11-13-29/h5-8,14H,3-4,9-13H2,1-2H3,(H,24,25,26). The molecule has 0 atom stereocenters. The van der Waals surface area contributed by atoms with Gasteiger partial charge in [-0.2, -0.15) is 0 Å². The Kier molecular flexibility index (Phi) is 5.48. The number of piperazine rings is 1. The van der Waals surface area contributed by atoms with Crippen LogP contribution in [0.2, 0.25) is 0 Å². The summed E-state index contributed by atoms with van der Waals surface area (Å²) >= 11 is 0. The zero-order chi connectivity index (χ0) is 22.1. The minimum Gasteiger partial charge on any atom is -0.461 e. The molecule has 166 valence electrons. The molecule has 2 aliphatic rings. The van der Waals surface area contributed by atoms with Gasteiger partial charge in [-0.1, -0.05) is 5.16 Å². The largest absolute Gasteiger partial charge is 0.461 e. The van der Waals surface area contributed by atoms with Crippen LogP contribution in [0, 0.1) is 0 Å². The van der Waals surface area contributed by atoms with E-state index in [4.69, 9.17) is 9.26 Å². The van der Waals surface area contributed by atoms with Crippen molar-refractivity contribution in [1.82, 2.24) is 20.0 Å². The number of nitrogens with one attached hydrogen (secondary N) is 1. The number of aryl methyl sites for hydroxylation is 1. The van der Waals surface area contributed by atoms with E-state index in [2.05, 4.69) is 49.4 Å². The van der Waals surface area contributed by atoms with Gasteiger partial charge in [-0.25, -0.2) is 14.8 Å². The molecule has 32 heavy (non-hydrogen) atoms. The van der Waals surface area contributed by atoms with Crippen molar-refractivity contribution < 1.29 is 14.1 Å². The number of ether oxygens (including phenoxy) is 1. The fraction of sp³-hybridized carbons (Fsp3) is 0.391. The van der Waals surface area contributed by atoms with Gasteiger partial charge in [-0.15, -0.1) is 0 Å². The molecule has 1 N–H and O–H groups in total. The predicted octanol–water partition coefficient (Wildman–Crippen LogP) is 2.90. The number of hydrogen-bond acceptors (Lipinski definition) is 9. The van der Waals surface area contributed by atoms with Crippen LogP contribution in [-0.4, -0.2) is 65.8 Å². The van der Waals surface area contributed by atoms with Crippen molar-refractivity contribution in [3.8, 4) is 11.5 Å². The van der Waals surface area contributed by atoms with E-state index in [1.807, 2.05) is 12.1 Å². The monoisotopic (exact) mass is 434 g/mol. The Bertz CT molecular complexity index is 1120. The molecule has 0 radical (unpaired) electrons. The fourth-order valence-corrected chi connectivity index (χ4v) is 4.14.